The molecule has 2 N–H and O–H groups in total. The molecule has 0 spiro atoms. The summed E-state index contributed by atoms with van der Waals surface area (Å²) < 4.78 is 1.67. The van der Waals surface area contributed by atoms with Gasteiger partial charge in [0.05, 0.1) is 7.81 Å². The topological polar surface area (TPSA) is 69.2 Å². The van der Waals surface area contributed by atoms with Crippen molar-refractivity contribution in [2.75, 3.05) is 5.73 Å². The number of hydrogen-bond acceptors (Lipinski definition) is 4. The predicted octanol–water partition coefficient (Wildman–Crippen LogP) is 3.00. The van der Waals surface area contributed by atoms with Gasteiger partial charge in [-0.1, -0.05) is 6.07 Å². The number of nitrogens with zero attached hydrogens (tertiary/aromatic N) is 1. The molecule has 2 aromatic rings. The smallest absolute Gasteiger partial charge is 0.309 e. The average Bonchev–Trinajstić information content (AvgIpc) is 2.43. The van der Waals surface area contributed by atoms with Crippen LogP contribution < -0.4 is 5.73 Å². The van der Waals surface area contributed by atoms with E-state index in [9.17, 15) is 10.1 Å². The Kier molecular flexibility index (Phi) is 2.31. The van der Waals surface area contributed by atoms with Crippen LogP contribution in [0.2, 0.25) is 0 Å². The largest absolute Gasteiger partial charge is 0.393 e. The minimum absolute atomic E-state index is 0.0235. The molecule has 0 saturated carbocycles. The van der Waals surface area contributed by atoms with Crippen molar-refractivity contribution < 1.29 is 4.92 Å². The number of benzene rings is 1. The maximum atomic E-state index is 10.8. The molecule has 6 heteroatoms. The number of hydrogen-bond donors (Lipinski definition) is 1. The Morgan fingerprint density at radius 1 is 1.50 bits per heavy atom. The summed E-state index contributed by atoms with van der Waals surface area (Å²) in [6, 6.07) is 5.28. The molecule has 1 aromatic heterocycles. The van der Waals surface area contributed by atoms with Crippen LogP contribution in [0, 0.1) is 13.0 Å². The lowest BCUT2D eigenvalue weighted by molar-refractivity contribution is -0.381. The van der Waals surface area contributed by atoms with Gasteiger partial charge in [0.15, 0.2) is 0 Å². The summed E-state index contributed by atoms with van der Waals surface area (Å²) >= 11 is 3.53. The molecular formula is C8H5IN2O2S. The summed E-state index contributed by atoms with van der Waals surface area (Å²) in [7, 11) is 0. The molecule has 0 unspecified atom stereocenters. The first-order chi connectivity index (χ1) is 6.59. The number of halogens is 1. The zero-order chi connectivity index (χ0) is 10.3. The molecule has 0 atom stereocenters. The van der Waals surface area contributed by atoms with Crippen LogP contribution in [0.15, 0.2) is 18.2 Å². The van der Waals surface area contributed by atoms with Crippen LogP contribution in [0.3, 0.4) is 0 Å². The monoisotopic (exact) mass is 320 g/mol. The molecule has 2 rings (SSSR count). The van der Waals surface area contributed by atoms with E-state index in [0.29, 0.717) is 4.70 Å². The summed E-state index contributed by atoms with van der Waals surface area (Å²) in [5.41, 5.74) is 5.81. The molecule has 0 saturated heterocycles. The number of nitro benzene ring substituents is 1. The van der Waals surface area contributed by atoms with Crippen molar-refractivity contribution in [1.82, 2.24) is 0 Å². The van der Waals surface area contributed by atoms with Gasteiger partial charge in [-0.2, -0.15) is 0 Å². The zero-order valence-electron chi connectivity index (χ0n) is 6.86. The van der Waals surface area contributed by atoms with Crippen LogP contribution in [-0.4, -0.2) is 4.92 Å². The third-order valence-electron chi connectivity index (χ3n) is 1.84. The Labute approximate surface area is 97.0 Å². The first-order valence-corrected chi connectivity index (χ1v) is 5.61. The first-order valence-electron chi connectivity index (χ1n) is 3.71. The van der Waals surface area contributed by atoms with Crippen molar-refractivity contribution >= 4 is 55.4 Å². The molecule has 0 bridgehead atoms. The van der Waals surface area contributed by atoms with Gasteiger partial charge >= 0.3 is 5.69 Å². The normalized spacial score (nSPS) is 10.6. The number of rotatable bonds is 1. The molecule has 0 fully saturated rings. The van der Waals surface area contributed by atoms with Gasteiger partial charge < -0.3 is 5.73 Å². The van der Waals surface area contributed by atoms with E-state index in [-0.39, 0.29) is 11.4 Å². The minimum Gasteiger partial charge on any atom is -0.393 e. The number of anilines is 1. The Balaban J connectivity index is 2.88. The molecular weight excluding hydrogens is 315 g/mol. The highest BCUT2D eigenvalue weighted by Crippen LogP contribution is 2.37. The Morgan fingerprint density at radius 2 is 2.21 bits per heavy atom. The molecule has 1 aromatic carbocycles. The molecule has 0 aliphatic heterocycles. The van der Waals surface area contributed by atoms with E-state index in [1.54, 1.807) is 12.1 Å². The molecule has 72 valence electrons. The Morgan fingerprint density at radius 3 is 2.86 bits per heavy atom. The van der Waals surface area contributed by atoms with Crippen molar-refractivity contribution in [3.63, 3.8) is 0 Å². The molecule has 1 heterocycles. The van der Waals surface area contributed by atoms with Crippen molar-refractivity contribution in [2.45, 2.75) is 0 Å². The van der Waals surface area contributed by atoms with Crippen LogP contribution in [-0.2, 0) is 0 Å². The molecule has 14 heavy (non-hydrogen) atoms. The first kappa shape index (κ1) is 9.66. The van der Waals surface area contributed by atoms with Gasteiger partial charge in [-0.25, -0.2) is 0 Å². The van der Waals surface area contributed by atoms with Gasteiger partial charge in [0, 0.05) is 5.39 Å². The third kappa shape index (κ3) is 1.44. The van der Waals surface area contributed by atoms with Crippen molar-refractivity contribution in [3.8, 4) is 0 Å². The van der Waals surface area contributed by atoms with Crippen LogP contribution in [0.5, 0.6) is 0 Å². The Hall–Kier alpha value is -0.890. The van der Waals surface area contributed by atoms with Gasteiger partial charge in [-0.15, -0.1) is 11.3 Å². The van der Waals surface area contributed by atoms with Crippen LogP contribution in [0.25, 0.3) is 10.1 Å². The number of nitrogens with two attached hydrogens (primary N) is 1. The molecule has 0 amide bonds. The number of nitro groups is 1. The number of nitrogen functional groups attached to an aromatic ring is 1. The minimum atomic E-state index is -0.426. The second-order valence-electron chi connectivity index (χ2n) is 2.73. The standard InChI is InChI=1S/C8H5IN2O2S/c9-6-3-4-1-2-5(10)7(11(12)13)8(4)14-6/h1-3H,10H2. The third-order valence-corrected chi connectivity index (χ3v) is 3.76. The number of fused-ring (bicyclic) bond motifs is 1. The zero-order valence-corrected chi connectivity index (χ0v) is 9.83. The molecule has 0 aliphatic carbocycles. The maximum Gasteiger partial charge on any atom is 0.309 e. The quantitative estimate of drug-likeness (QED) is 0.380. The van der Waals surface area contributed by atoms with Crippen LogP contribution >= 0.6 is 33.9 Å². The van der Waals surface area contributed by atoms with E-state index in [4.69, 9.17) is 5.73 Å². The highest BCUT2D eigenvalue weighted by Gasteiger charge is 2.18. The van der Waals surface area contributed by atoms with E-state index >= 15 is 0 Å². The van der Waals surface area contributed by atoms with Gasteiger partial charge in [0.1, 0.15) is 10.4 Å². The SMILES string of the molecule is Nc1ccc2cc(I)sc2c1[N+](=O)[O-]. The molecule has 0 aliphatic rings. The van der Waals surface area contributed by atoms with Crippen molar-refractivity contribution in [2.24, 2.45) is 0 Å². The highest BCUT2D eigenvalue weighted by atomic mass is 127. The highest BCUT2D eigenvalue weighted by molar-refractivity contribution is 14.1. The second-order valence-corrected chi connectivity index (χ2v) is 5.68. The summed E-state index contributed by atoms with van der Waals surface area (Å²) in [6.45, 7) is 0. The van der Waals surface area contributed by atoms with Gasteiger partial charge in [0.25, 0.3) is 0 Å². The molecule has 0 radical (unpaired) electrons. The summed E-state index contributed by atoms with van der Waals surface area (Å²) in [5, 5.41) is 11.7. The van der Waals surface area contributed by atoms with Crippen LogP contribution in [0.1, 0.15) is 0 Å². The lowest BCUT2D eigenvalue weighted by Crippen LogP contribution is -1.94. The lowest BCUT2D eigenvalue weighted by atomic mass is 10.2. The summed E-state index contributed by atoms with van der Waals surface area (Å²) in [4.78, 5) is 10.3. The van der Waals surface area contributed by atoms with Gasteiger partial charge in [-0.3, -0.25) is 10.1 Å². The van der Waals surface area contributed by atoms with Gasteiger partial charge in [0.2, 0.25) is 0 Å². The Bertz CT molecular complexity index is 523. The van der Waals surface area contributed by atoms with E-state index in [0.717, 1.165) is 8.27 Å². The van der Waals surface area contributed by atoms with E-state index in [2.05, 4.69) is 22.6 Å². The lowest BCUT2D eigenvalue weighted by Gasteiger charge is -1.96. The molecule has 4 nitrogen and oxygen atoms in total. The van der Waals surface area contributed by atoms with Gasteiger partial charge in [-0.05, 0) is 34.7 Å². The predicted molar refractivity (Wildman–Crippen MR) is 65.6 cm³/mol. The van der Waals surface area contributed by atoms with Crippen molar-refractivity contribution in [3.05, 3.63) is 31.2 Å². The second kappa shape index (κ2) is 3.35. The van der Waals surface area contributed by atoms with E-state index < -0.39 is 4.92 Å². The van der Waals surface area contributed by atoms with E-state index in [1.165, 1.54) is 11.3 Å². The van der Waals surface area contributed by atoms with Crippen molar-refractivity contribution in [1.29, 1.82) is 0 Å². The summed E-state index contributed by atoms with van der Waals surface area (Å²) in [6.07, 6.45) is 0. The average molecular weight is 320 g/mol. The fraction of sp³-hybridized carbons (Fsp3) is 0. The van der Waals surface area contributed by atoms with E-state index in [1.807, 2.05) is 6.07 Å². The summed E-state index contributed by atoms with van der Waals surface area (Å²) in [5.74, 6) is 0. The fourth-order valence-corrected chi connectivity index (χ4v) is 3.17. The number of thiophene rings is 1. The fourth-order valence-electron chi connectivity index (χ4n) is 1.26. The van der Waals surface area contributed by atoms with Crippen LogP contribution in [0.4, 0.5) is 11.4 Å². The maximum absolute atomic E-state index is 10.8.